The van der Waals surface area contributed by atoms with Gasteiger partial charge >= 0.3 is 0 Å². The van der Waals surface area contributed by atoms with Crippen LogP contribution in [0.15, 0.2) is 53.5 Å². The number of para-hydroxylation sites is 4. The van der Waals surface area contributed by atoms with Crippen LogP contribution in [-0.2, 0) is 6.42 Å². The summed E-state index contributed by atoms with van der Waals surface area (Å²) < 4.78 is 5.51. The van der Waals surface area contributed by atoms with Crippen molar-refractivity contribution >= 4 is 46.7 Å². The van der Waals surface area contributed by atoms with Crippen LogP contribution in [0, 0.1) is 0 Å². The van der Waals surface area contributed by atoms with Crippen molar-refractivity contribution in [2.45, 2.75) is 25.3 Å². The lowest BCUT2D eigenvalue weighted by Gasteiger charge is -2.22. The maximum Gasteiger partial charge on any atom is 0.191 e. The summed E-state index contributed by atoms with van der Waals surface area (Å²) in [6.07, 6.45) is 2.96. The summed E-state index contributed by atoms with van der Waals surface area (Å²) >= 11 is 0. The number of aryl methyl sites for hydroxylation is 1. The third-order valence-electron chi connectivity index (χ3n) is 5.50. The van der Waals surface area contributed by atoms with Crippen LogP contribution in [0.25, 0.3) is 11.0 Å². The van der Waals surface area contributed by atoms with E-state index in [1.54, 1.807) is 7.11 Å². The second kappa shape index (κ2) is 11.2. The molecular weight excluding hydrogens is 503 g/mol. The van der Waals surface area contributed by atoms with Crippen molar-refractivity contribution < 1.29 is 4.74 Å². The van der Waals surface area contributed by atoms with E-state index in [1.165, 1.54) is 0 Å². The molecule has 2 aromatic carbocycles. The first-order chi connectivity index (χ1) is 14.8. The molecule has 0 spiro atoms. The predicted molar refractivity (Wildman–Crippen MR) is 138 cm³/mol. The van der Waals surface area contributed by atoms with E-state index in [9.17, 15) is 0 Å². The molecule has 3 N–H and O–H groups in total. The number of halogens is 1. The Morgan fingerprint density at radius 3 is 2.84 bits per heavy atom. The summed E-state index contributed by atoms with van der Waals surface area (Å²) in [4.78, 5) is 14.8. The summed E-state index contributed by atoms with van der Waals surface area (Å²) in [7, 11) is 3.54. The van der Waals surface area contributed by atoms with Crippen molar-refractivity contribution in [1.82, 2.24) is 20.6 Å². The first-order valence-corrected chi connectivity index (χ1v) is 10.6. The number of guanidine groups is 1. The number of nitrogens with one attached hydrogen (secondary N) is 3. The lowest BCUT2D eigenvalue weighted by atomic mass is 10.2. The Bertz CT molecular complexity index is 971. The Labute approximate surface area is 200 Å². The Morgan fingerprint density at radius 2 is 2.03 bits per heavy atom. The van der Waals surface area contributed by atoms with Crippen molar-refractivity contribution in [2.24, 2.45) is 4.99 Å². The number of anilines is 1. The molecular formula is C23H31IN6O. The second-order valence-corrected chi connectivity index (χ2v) is 7.55. The number of hydrogen-bond donors (Lipinski definition) is 3. The molecule has 7 nitrogen and oxygen atoms in total. The molecule has 1 aromatic heterocycles. The summed E-state index contributed by atoms with van der Waals surface area (Å²) in [5.41, 5.74) is 3.27. The van der Waals surface area contributed by atoms with Crippen LogP contribution in [0.1, 0.15) is 18.7 Å². The number of fused-ring (bicyclic) bond motifs is 1. The average molecular weight is 534 g/mol. The van der Waals surface area contributed by atoms with Gasteiger partial charge in [-0.1, -0.05) is 24.3 Å². The van der Waals surface area contributed by atoms with E-state index in [4.69, 9.17) is 4.74 Å². The SMILES string of the molecule is CN=C(NCCCc1nc2ccccc2[nH]1)NC1CCN(c2ccccc2OC)C1.I. The molecule has 0 aliphatic carbocycles. The van der Waals surface area contributed by atoms with Gasteiger partial charge in [0.25, 0.3) is 0 Å². The van der Waals surface area contributed by atoms with Crippen LogP contribution in [0.3, 0.4) is 0 Å². The number of nitrogens with zero attached hydrogens (tertiary/aromatic N) is 3. The van der Waals surface area contributed by atoms with E-state index in [-0.39, 0.29) is 24.0 Å². The molecule has 3 aromatic rings. The van der Waals surface area contributed by atoms with Gasteiger partial charge in [-0.25, -0.2) is 4.98 Å². The number of aromatic amines is 1. The van der Waals surface area contributed by atoms with Gasteiger partial charge in [-0.3, -0.25) is 4.99 Å². The molecule has 1 fully saturated rings. The van der Waals surface area contributed by atoms with E-state index in [1.807, 2.05) is 37.4 Å². The fourth-order valence-electron chi connectivity index (χ4n) is 3.96. The first kappa shape index (κ1) is 23.2. The van der Waals surface area contributed by atoms with E-state index < -0.39 is 0 Å². The van der Waals surface area contributed by atoms with Gasteiger partial charge in [-0.2, -0.15) is 0 Å². The number of aliphatic imine (C=N–C) groups is 1. The van der Waals surface area contributed by atoms with Gasteiger partial charge in [-0.15, -0.1) is 24.0 Å². The topological polar surface area (TPSA) is 77.6 Å². The Balaban J connectivity index is 0.00000272. The zero-order valence-electron chi connectivity index (χ0n) is 18.1. The quantitative estimate of drug-likeness (QED) is 0.187. The van der Waals surface area contributed by atoms with Crippen LogP contribution < -0.4 is 20.3 Å². The minimum atomic E-state index is 0. The number of rotatable bonds is 7. The van der Waals surface area contributed by atoms with Crippen LogP contribution in [0.5, 0.6) is 5.75 Å². The Morgan fingerprint density at radius 1 is 1.23 bits per heavy atom. The highest BCUT2D eigenvalue weighted by molar-refractivity contribution is 14.0. The monoisotopic (exact) mass is 534 g/mol. The maximum atomic E-state index is 5.51. The van der Waals surface area contributed by atoms with E-state index in [0.29, 0.717) is 6.04 Å². The smallest absolute Gasteiger partial charge is 0.191 e. The normalized spacial score (nSPS) is 16.3. The fourth-order valence-corrected chi connectivity index (χ4v) is 3.96. The minimum absolute atomic E-state index is 0. The van der Waals surface area contributed by atoms with Crippen LogP contribution in [-0.4, -0.2) is 55.8 Å². The zero-order chi connectivity index (χ0) is 20.8. The van der Waals surface area contributed by atoms with E-state index >= 15 is 0 Å². The third kappa shape index (κ3) is 5.81. The number of benzene rings is 2. The summed E-state index contributed by atoms with van der Waals surface area (Å²) in [5.74, 6) is 2.81. The summed E-state index contributed by atoms with van der Waals surface area (Å²) in [6, 6.07) is 16.7. The van der Waals surface area contributed by atoms with Crippen molar-refractivity contribution in [2.75, 3.05) is 38.7 Å². The fraction of sp³-hybridized carbons (Fsp3) is 0.391. The van der Waals surface area contributed by atoms with E-state index in [0.717, 1.165) is 73.2 Å². The molecule has 8 heteroatoms. The number of ether oxygens (including phenoxy) is 1. The lowest BCUT2D eigenvalue weighted by molar-refractivity contribution is 0.415. The summed E-state index contributed by atoms with van der Waals surface area (Å²) in [6.45, 7) is 2.78. The van der Waals surface area contributed by atoms with Crippen LogP contribution >= 0.6 is 24.0 Å². The van der Waals surface area contributed by atoms with Crippen LogP contribution in [0.2, 0.25) is 0 Å². The molecule has 0 bridgehead atoms. The molecule has 1 unspecified atom stereocenters. The molecule has 2 heterocycles. The molecule has 1 aliphatic rings. The first-order valence-electron chi connectivity index (χ1n) is 10.6. The highest BCUT2D eigenvalue weighted by Gasteiger charge is 2.25. The Hall–Kier alpha value is -2.49. The average Bonchev–Trinajstić information content (AvgIpc) is 3.42. The van der Waals surface area contributed by atoms with Crippen molar-refractivity contribution in [1.29, 1.82) is 0 Å². The van der Waals surface area contributed by atoms with Crippen LogP contribution in [0.4, 0.5) is 5.69 Å². The minimum Gasteiger partial charge on any atom is -0.495 e. The van der Waals surface area contributed by atoms with Gasteiger partial charge in [0.2, 0.25) is 0 Å². The molecule has 4 rings (SSSR count). The third-order valence-corrected chi connectivity index (χ3v) is 5.50. The lowest BCUT2D eigenvalue weighted by Crippen LogP contribution is -2.45. The van der Waals surface area contributed by atoms with Gasteiger partial charge in [0.05, 0.1) is 23.8 Å². The van der Waals surface area contributed by atoms with Crippen molar-refractivity contribution in [3.63, 3.8) is 0 Å². The summed E-state index contributed by atoms with van der Waals surface area (Å²) in [5, 5.41) is 6.99. The van der Waals surface area contributed by atoms with Gasteiger partial charge < -0.3 is 25.3 Å². The molecule has 0 saturated carbocycles. The standard InChI is InChI=1S/C23H30N6O.HI/c1-24-23(25-14-7-12-22-27-18-8-3-4-9-19(18)28-22)26-17-13-15-29(16-17)20-10-5-6-11-21(20)30-2;/h3-6,8-11,17H,7,12-16H2,1-2H3,(H,27,28)(H2,24,25,26);1H. The largest absolute Gasteiger partial charge is 0.495 e. The number of hydrogen-bond acceptors (Lipinski definition) is 4. The molecule has 1 aliphatic heterocycles. The number of methoxy groups -OCH3 is 1. The van der Waals surface area contributed by atoms with Gasteiger partial charge in [-0.05, 0) is 37.1 Å². The van der Waals surface area contributed by atoms with Gasteiger partial charge in [0.15, 0.2) is 5.96 Å². The highest BCUT2D eigenvalue weighted by atomic mass is 127. The van der Waals surface area contributed by atoms with E-state index in [2.05, 4.69) is 48.7 Å². The number of H-pyrrole nitrogens is 1. The molecule has 0 radical (unpaired) electrons. The van der Waals surface area contributed by atoms with Crippen molar-refractivity contribution in [3.8, 4) is 5.75 Å². The van der Waals surface area contributed by atoms with Crippen molar-refractivity contribution in [3.05, 3.63) is 54.4 Å². The second-order valence-electron chi connectivity index (χ2n) is 7.55. The number of imidazole rings is 1. The molecule has 1 saturated heterocycles. The molecule has 166 valence electrons. The van der Waals surface area contributed by atoms with Gasteiger partial charge in [0.1, 0.15) is 11.6 Å². The maximum absolute atomic E-state index is 5.51. The Kier molecular flexibility index (Phi) is 8.39. The number of aromatic nitrogens is 2. The predicted octanol–water partition coefficient (Wildman–Crippen LogP) is 3.57. The van der Waals surface area contributed by atoms with Gasteiger partial charge in [0, 0.05) is 39.1 Å². The zero-order valence-corrected chi connectivity index (χ0v) is 20.4. The molecule has 31 heavy (non-hydrogen) atoms. The molecule has 1 atom stereocenters. The molecule has 0 amide bonds. The highest BCUT2D eigenvalue weighted by Crippen LogP contribution is 2.30.